The maximum atomic E-state index is 12.2. The Kier molecular flexibility index (Phi) is 4.47. The molecule has 0 bridgehead atoms. The van der Waals surface area contributed by atoms with Crippen molar-refractivity contribution in [2.75, 3.05) is 0 Å². The van der Waals surface area contributed by atoms with E-state index in [1.807, 2.05) is 6.07 Å². The van der Waals surface area contributed by atoms with Gasteiger partial charge in [0.25, 0.3) is 0 Å². The highest BCUT2D eigenvalue weighted by Gasteiger charge is 2.16. The van der Waals surface area contributed by atoms with Gasteiger partial charge in [-0.3, -0.25) is 0 Å². The van der Waals surface area contributed by atoms with E-state index in [2.05, 4.69) is 14.7 Å². The molecule has 1 atom stereocenters. The zero-order valence-electron chi connectivity index (χ0n) is 10.6. The molecule has 2 aromatic rings. The van der Waals surface area contributed by atoms with Crippen molar-refractivity contribution in [3.05, 3.63) is 23.8 Å². The summed E-state index contributed by atoms with van der Waals surface area (Å²) < 4.78 is 30.5. The van der Waals surface area contributed by atoms with Gasteiger partial charge in [-0.05, 0) is 6.92 Å². The van der Waals surface area contributed by atoms with Crippen LogP contribution in [0.3, 0.4) is 0 Å². The molecule has 5 nitrogen and oxygen atoms in total. The predicted octanol–water partition coefficient (Wildman–Crippen LogP) is 2.67. The molecule has 20 heavy (non-hydrogen) atoms. The minimum atomic E-state index is -2.83. The van der Waals surface area contributed by atoms with Gasteiger partial charge < -0.3 is 9.30 Å². The standard InChI is InChI=1S/C12H11ClF2N4O/c1-7(20-12(14)15)6-19-10-5-17-8(4-16)2-9(10)18-11(19)3-13/h2,5,7,12H,3,6H2,1H3. The van der Waals surface area contributed by atoms with Gasteiger partial charge >= 0.3 is 6.61 Å². The quantitative estimate of drug-likeness (QED) is 0.796. The molecule has 0 saturated heterocycles. The van der Waals surface area contributed by atoms with Crippen LogP contribution in [-0.2, 0) is 17.2 Å². The third-order valence-corrected chi connectivity index (χ3v) is 2.96. The first-order valence-corrected chi connectivity index (χ1v) is 6.33. The smallest absolute Gasteiger partial charge is 0.323 e. The summed E-state index contributed by atoms with van der Waals surface area (Å²) in [7, 11) is 0. The number of halogens is 3. The van der Waals surface area contributed by atoms with Gasteiger partial charge in [-0.1, -0.05) is 0 Å². The number of ether oxygens (including phenoxy) is 1. The molecule has 0 amide bonds. The lowest BCUT2D eigenvalue weighted by atomic mass is 10.3. The van der Waals surface area contributed by atoms with Gasteiger partial charge in [0, 0.05) is 6.07 Å². The van der Waals surface area contributed by atoms with E-state index in [0.717, 1.165) is 0 Å². The number of aromatic nitrogens is 3. The van der Waals surface area contributed by atoms with Gasteiger partial charge in [-0.25, -0.2) is 9.97 Å². The highest BCUT2D eigenvalue weighted by atomic mass is 35.5. The van der Waals surface area contributed by atoms with Crippen LogP contribution in [0.2, 0.25) is 0 Å². The van der Waals surface area contributed by atoms with Crippen molar-refractivity contribution in [3.8, 4) is 6.07 Å². The van der Waals surface area contributed by atoms with E-state index in [1.54, 1.807) is 4.57 Å². The molecular weight excluding hydrogens is 290 g/mol. The fraction of sp³-hybridized carbons (Fsp3) is 0.417. The summed E-state index contributed by atoms with van der Waals surface area (Å²) in [6.45, 7) is -1.12. The summed E-state index contributed by atoms with van der Waals surface area (Å²) in [6.07, 6.45) is 0.775. The predicted molar refractivity (Wildman–Crippen MR) is 68.4 cm³/mol. The molecule has 0 aliphatic carbocycles. The Morgan fingerprint density at radius 3 is 2.90 bits per heavy atom. The van der Waals surface area contributed by atoms with Crippen LogP contribution in [0.1, 0.15) is 18.4 Å². The molecule has 106 valence electrons. The summed E-state index contributed by atoms with van der Waals surface area (Å²) in [5.41, 5.74) is 1.42. The van der Waals surface area contributed by atoms with Crippen LogP contribution in [-0.4, -0.2) is 27.3 Å². The summed E-state index contributed by atoms with van der Waals surface area (Å²) in [4.78, 5) is 8.22. The first-order valence-electron chi connectivity index (χ1n) is 5.80. The van der Waals surface area contributed by atoms with Crippen LogP contribution in [0.4, 0.5) is 8.78 Å². The molecule has 0 aliphatic heterocycles. The summed E-state index contributed by atoms with van der Waals surface area (Å²) in [6, 6.07) is 3.44. The van der Waals surface area contributed by atoms with E-state index in [0.29, 0.717) is 16.9 Å². The number of alkyl halides is 3. The Labute approximate surface area is 118 Å². The van der Waals surface area contributed by atoms with Crippen LogP contribution in [0.5, 0.6) is 0 Å². The van der Waals surface area contributed by atoms with Crippen molar-refractivity contribution < 1.29 is 13.5 Å². The molecule has 1 unspecified atom stereocenters. The highest BCUT2D eigenvalue weighted by Crippen LogP contribution is 2.19. The molecule has 0 aromatic carbocycles. The van der Waals surface area contributed by atoms with Crippen LogP contribution in [0, 0.1) is 11.3 Å². The summed E-state index contributed by atoms with van der Waals surface area (Å²) >= 11 is 5.81. The van der Waals surface area contributed by atoms with Gasteiger partial charge in [-0.15, -0.1) is 11.6 Å². The Morgan fingerprint density at radius 2 is 2.30 bits per heavy atom. The van der Waals surface area contributed by atoms with Crippen molar-refractivity contribution in [1.82, 2.24) is 14.5 Å². The maximum absolute atomic E-state index is 12.2. The van der Waals surface area contributed by atoms with Crippen LogP contribution < -0.4 is 0 Å². The number of fused-ring (bicyclic) bond motifs is 1. The van der Waals surface area contributed by atoms with Crippen molar-refractivity contribution in [2.45, 2.75) is 32.1 Å². The SMILES string of the molecule is CC(Cn1c(CCl)nc2cc(C#N)ncc21)OC(F)F. The third kappa shape index (κ3) is 3.03. The molecule has 2 heterocycles. The second kappa shape index (κ2) is 6.11. The third-order valence-electron chi connectivity index (χ3n) is 2.72. The van der Waals surface area contributed by atoms with E-state index >= 15 is 0 Å². The number of hydrogen-bond acceptors (Lipinski definition) is 4. The monoisotopic (exact) mass is 300 g/mol. The molecule has 0 spiro atoms. The number of imidazole rings is 1. The van der Waals surface area contributed by atoms with E-state index in [-0.39, 0.29) is 18.1 Å². The van der Waals surface area contributed by atoms with Crippen molar-refractivity contribution >= 4 is 22.6 Å². The Bertz CT molecular complexity index is 653. The summed E-state index contributed by atoms with van der Waals surface area (Å²) in [5, 5.41) is 8.80. The van der Waals surface area contributed by atoms with Crippen LogP contribution in [0.15, 0.2) is 12.3 Å². The molecule has 0 fully saturated rings. The second-order valence-corrected chi connectivity index (χ2v) is 4.42. The Morgan fingerprint density at radius 1 is 1.55 bits per heavy atom. The highest BCUT2D eigenvalue weighted by molar-refractivity contribution is 6.16. The number of hydrogen-bond donors (Lipinski definition) is 0. The minimum absolute atomic E-state index is 0.123. The van der Waals surface area contributed by atoms with Crippen LogP contribution in [0.25, 0.3) is 11.0 Å². The first kappa shape index (κ1) is 14.6. The Balaban J connectivity index is 2.38. The fourth-order valence-corrected chi connectivity index (χ4v) is 2.12. The number of nitrogens with zero attached hydrogens (tertiary/aromatic N) is 4. The zero-order chi connectivity index (χ0) is 14.7. The van der Waals surface area contributed by atoms with E-state index < -0.39 is 12.7 Å². The van der Waals surface area contributed by atoms with Crippen molar-refractivity contribution in [2.24, 2.45) is 0 Å². The normalized spacial score (nSPS) is 12.8. The van der Waals surface area contributed by atoms with Crippen molar-refractivity contribution in [1.29, 1.82) is 5.26 Å². The van der Waals surface area contributed by atoms with Gasteiger partial charge in [0.05, 0.1) is 35.8 Å². The average molecular weight is 301 g/mol. The molecular formula is C12H11ClF2N4O. The first-order chi connectivity index (χ1) is 9.55. The fourth-order valence-electron chi connectivity index (χ4n) is 1.92. The lowest BCUT2D eigenvalue weighted by Gasteiger charge is -2.15. The van der Waals surface area contributed by atoms with Gasteiger partial charge in [0.2, 0.25) is 0 Å². The molecule has 2 aromatic heterocycles. The van der Waals surface area contributed by atoms with E-state index in [4.69, 9.17) is 16.9 Å². The maximum Gasteiger partial charge on any atom is 0.345 e. The van der Waals surface area contributed by atoms with Crippen molar-refractivity contribution in [3.63, 3.8) is 0 Å². The second-order valence-electron chi connectivity index (χ2n) is 4.15. The molecule has 0 aliphatic rings. The number of nitriles is 1. The average Bonchev–Trinajstić information content (AvgIpc) is 2.74. The largest absolute Gasteiger partial charge is 0.345 e. The van der Waals surface area contributed by atoms with E-state index in [9.17, 15) is 8.78 Å². The molecule has 0 saturated carbocycles. The van der Waals surface area contributed by atoms with Gasteiger partial charge in [0.15, 0.2) is 0 Å². The lowest BCUT2D eigenvalue weighted by molar-refractivity contribution is -0.160. The summed E-state index contributed by atoms with van der Waals surface area (Å²) in [5.74, 6) is 0.640. The molecule has 0 N–H and O–H groups in total. The lowest BCUT2D eigenvalue weighted by Crippen LogP contribution is -2.20. The minimum Gasteiger partial charge on any atom is -0.323 e. The number of pyridine rings is 1. The van der Waals surface area contributed by atoms with E-state index in [1.165, 1.54) is 19.2 Å². The number of rotatable bonds is 5. The molecule has 2 rings (SSSR count). The van der Waals surface area contributed by atoms with Crippen LogP contribution >= 0.6 is 11.6 Å². The van der Waals surface area contributed by atoms with Gasteiger partial charge in [0.1, 0.15) is 17.6 Å². The molecule has 8 heteroatoms. The topological polar surface area (TPSA) is 63.7 Å². The van der Waals surface area contributed by atoms with Gasteiger partial charge in [-0.2, -0.15) is 14.0 Å². The zero-order valence-corrected chi connectivity index (χ0v) is 11.3. The molecule has 0 radical (unpaired) electrons. The Hall–Kier alpha value is -1.78.